The molecule has 0 bridgehead atoms. The van der Waals surface area contributed by atoms with Crippen molar-refractivity contribution in [2.45, 2.75) is 12.2 Å². The molecule has 1 amide bonds. The van der Waals surface area contributed by atoms with Crippen LogP contribution in [0, 0.1) is 0 Å². The number of carbonyl (C=O) groups excluding carboxylic acids is 1. The third-order valence-electron chi connectivity index (χ3n) is 3.99. The first-order valence-electron chi connectivity index (χ1n) is 7.65. The molecular formula is C18H15ClN2OS2. The van der Waals surface area contributed by atoms with Crippen LogP contribution in [0.3, 0.4) is 0 Å². The highest BCUT2D eigenvalue weighted by molar-refractivity contribution is 7.98. The third-order valence-corrected chi connectivity index (χ3v) is 6.73. The molecule has 2 aromatic heterocycles. The Kier molecular flexibility index (Phi) is 4.39. The van der Waals surface area contributed by atoms with Crippen molar-refractivity contribution in [3.8, 4) is 5.00 Å². The van der Waals surface area contributed by atoms with Gasteiger partial charge in [0.15, 0.2) is 0 Å². The molecule has 0 radical (unpaired) electrons. The molecule has 3 nitrogen and oxygen atoms in total. The zero-order valence-corrected chi connectivity index (χ0v) is 15.2. The number of halogens is 1. The molecule has 0 atom stereocenters. The van der Waals surface area contributed by atoms with E-state index in [9.17, 15) is 4.79 Å². The van der Waals surface area contributed by atoms with E-state index < -0.39 is 0 Å². The first kappa shape index (κ1) is 15.8. The van der Waals surface area contributed by atoms with Crippen molar-refractivity contribution in [2.24, 2.45) is 0 Å². The molecule has 0 spiro atoms. The minimum atomic E-state index is -0.0869. The largest absolute Gasteiger partial charge is 0.321 e. The van der Waals surface area contributed by atoms with Crippen LogP contribution in [0.25, 0.3) is 5.00 Å². The van der Waals surface area contributed by atoms with E-state index in [0.717, 1.165) is 28.5 Å². The molecule has 1 aliphatic heterocycles. The van der Waals surface area contributed by atoms with E-state index >= 15 is 0 Å². The van der Waals surface area contributed by atoms with Gasteiger partial charge in [0.2, 0.25) is 0 Å². The average molecular weight is 375 g/mol. The van der Waals surface area contributed by atoms with E-state index in [4.69, 9.17) is 11.6 Å². The SMILES string of the molecule is O=C(Nc1ccccc1Cl)c1c(-n2cccc2)sc2c1CCSC2. The van der Waals surface area contributed by atoms with Gasteiger partial charge < -0.3 is 9.88 Å². The zero-order chi connectivity index (χ0) is 16.5. The van der Waals surface area contributed by atoms with Crippen LogP contribution in [0.4, 0.5) is 5.69 Å². The minimum absolute atomic E-state index is 0.0869. The fourth-order valence-corrected chi connectivity index (χ4v) is 5.48. The van der Waals surface area contributed by atoms with Gasteiger partial charge in [-0.3, -0.25) is 4.79 Å². The summed E-state index contributed by atoms with van der Waals surface area (Å²) in [7, 11) is 0. The fourth-order valence-electron chi connectivity index (χ4n) is 2.85. The molecule has 0 fully saturated rings. The number of benzene rings is 1. The van der Waals surface area contributed by atoms with Crippen molar-refractivity contribution in [1.82, 2.24) is 4.57 Å². The van der Waals surface area contributed by atoms with Crippen LogP contribution in [-0.4, -0.2) is 16.2 Å². The molecule has 4 rings (SSSR count). The number of fused-ring (bicyclic) bond motifs is 1. The maximum atomic E-state index is 13.0. The van der Waals surface area contributed by atoms with Crippen molar-refractivity contribution in [3.05, 3.63) is 69.8 Å². The second kappa shape index (κ2) is 6.67. The van der Waals surface area contributed by atoms with Crippen LogP contribution < -0.4 is 5.32 Å². The van der Waals surface area contributed by atoms with Crippen LogP contribution in [0.15, 0.2) is 48.8 Å². The monoisotopic (exact) mass is 374 g/mol. The Morgan fingerprint density at radius 2 is 1.96 bits per heavy atom. The Bertz CT molecular complexity index is 887. The van der Waals surface area contributed by atoms with E-state index in [1.165, 1.54) is 10.4 Å². The summed E-state index contributed by atoms with van der Waals surface area (Å²) in [5, 5.41) is 4.51. The number of amides is 1. The molecule has 3 aromatic rings. The lowest BCUT2D eigenvalue weighted by Crippen LogP contribution is -2.16. The lowest BCUT2D eigenvalue weighted by molar-refractivity contribution is 0.102. The van der Waals surface area contributed by atoms with Gasteiger partial charge in [0.1, 0.15) is 5.00 Å². The Morgan fingerprint density at radius 3 is 2.75 bits per heavy atom. The van der Waals surface area contributed by atoms with Crippen LogP contribution in [0.5, 0.6) is 0 Å². The van der Waals surface area contributed by atoms with Crippen molar-refractivity contribution in [2.75, 3.05) is 11.1 Å². The lowest BCUT2D eigenvalue weighted by Gasteiger charge is -2.13. The van der Waals surface area contributed by atoms with Gasteiger partial charge >= 0.3 is 0 Å². The quantitative estimate of drug-likeness (QED) is 0.680. The van der Waals surface area contributed by atoms with Gasteiger partial charge in [0.25, 0.3) is 5.91 Å². The number of thioether (sulfide) groups is 1. The molecule has 1 aliphatic rings. The summed E-state index contributed by atoms with van der Waals surface area (Å²) in [6.45, 7) is 0. The number of carbonyl (C=O) groups is 1. The number of rotatable bonds is 3. The maximum absolute atomic E-state index is 13.0. The normalized spacial score (nSPS) is 13.5. The number of hydrogen-bond donors (Lipinski definition) is 1. The lowest BCUT2D eigenvalue weighted by atomic mass is 10.1. The summed E-state index contributed by atoms with van der Waals surface area (Å²) in [5.74, 6) is 1.95. The number of anilines is 1. The van der Waals surface area contributed by atoms with Crippen molar-refractivity contribution >= 4 is 46.3 Å². The highest BCUT2D eigenvalue weighted by atomic mass is 35.5. The Labute approximate surface area is 153 Å². The third kappa shape index (κ3) is 2.88. The molecular weight excluding hydrogens is 360 g/mol. The van der Waals surface area contributed by atoms with Gasteiger partial charge in [-0.05, 0) is 42.0 Å². The molecule has 0 aliphatic carbocycles. The highest BCUT2D eigenvalue weighted by Crippen LogP contribution is 2.38. The molecule has 0 saturated carbocycles. The number of nitrogens with zero attached hydrogens (tertiary/aromatic N) is 1. The summed E-state index contributed by atoms with van der Waals surface area (Å²) in [5.41, 5.74) is 2.62. The van der Waals surface area contributed by atoms with Crippen LogP contribution in [-0.2, 0) is 12.2 Å². The first-order chi connectivity index (χ1) is 11.7. The fraction of sp³-hybridized carbons (Fsp3) is 0.167. The molecule has 24 heavy (non-hydrogen) atoms. The van der Waals surface area contributed by atoms with Gasteiger partial charge in [-0.15, -0.1) is 11.3 Å². The number of aromatic nitrogens is 1. The first-order valence-corrected chi connectivity index (χ1v) is 10.0. The predicted molar refractivity (Wildman–Crippen MR) is 103 cm³/mol. The topological polar surface area (TPSA) is 34.0 Å². The molecule has 0 unspecified atom stereocenters. The standard InChI is InChI=1S/C18H15ClN2OS2/c19-13-5-1-2-6-14(13)20-17(22)16-12-7-10-23-11-15(12)24-18(16)21-8-3-4-9-21/h1-6,8-9H,7,10-11H2,(H,20,22). The van der Waals surface area contributed by atoms with Crippen molar-refractivity contribution < 1.29 is 4.79 Å². The van der Waals surface area contributed by atoms with Gasteiger partial charge in [-0.2, -0.15) is 11.8 Å². The maximum Gasteiger partial charge on any atom is 0.259 e. The molecule has 0 saturated heterocycles. The van der Waals surface area contributed by atoms with Crippen LogP contribution >= 0.6 is 34.7 Å². The van der Waals surface area contributed by atoms with Crippen molar-refractivity contribution in [3.63, 3.8) is 0 Å². The average Bonchev–Trinajstić information content (AvgIpc) is 3.23. The molecule has 1 aromatic carbocycles. The van der Waals surface area contributed by atoms with E-state index in [0.29, 0.717) is 10.7 Å². The summed E-state index contributed by atoms with van der Waals surface area (Å²) < 4.78 is 2.02. The molecule has 1 N–H and O–H groups in total. The highest BCUT2D eigenvalue weighted by Gasteiger charge is 2.26. The Morgan fingerprint density at radius 1 is 1.17 bits per heavy atom. The zero-order valence-electron chi connectivity index (χ0n) is 12.8. The predicted octanol–water partition coefficient (Wildman–Crippen LogP) is 5.23. The number of thiophene rings is 1. The summed E-state index contributed by atoms with van der Waals surface area (Å²) in [6.07, 6.45) is 4.90. The number of hydrogen-bond acceptors (Lipinski definition) is 3. The van der Waals surface area contributed by atoms with Crippen LogP contribution in [0.2, 0.25) is 5.02 Å². The molecule has 3 heterocycles. The summed E-state index contributed by atoms with van der Waals surface area (Å²) in [6, 6.07) is 11.3. The van der Waals surface area contributed by atoms with E-state index in [1.807, 2.05) is 59.1 Å². The van der Waals surface area contributed by atoms with Gasteiger partial charge in [-0.1, -0.05) is 23.7 Å². The van der Waals surface area contributed by atoms with Gasteiger partial charge in [-0.25, -0.2) is 0 Å². The Hall–Kier alpha value is -1.69. The van der Waals surface area contributed by atoms with E-state index in [1.54, 1.807) is 17.4 Å². The smallest absolute Gasteiger partial charge is 0.259 e. The number of para-hydroxylation sites is 1. The second-order valence-electron chi connectivity index (χ2n) is 5.51. The minimum Gasteiger partial charge on any atom is -0.321 e. The summed E-state index contributed by atoms with van der Waals surface area (Å²) >= 11 is 9.83. The molecule has 6 heteroatoms. The number of nitrogens with one attached hydrogen (secondary N) is 1. The van der Waals surface area contributed by atoms with Gasteiger partial charge in [0, 0.05) is 23.0 Å². The van der Waals surface area contributed by atoms with E-state index in [2.05, 4.69) is 5.32 Å². The molecule has 122 valence electrons. The summed E-state index contributed by atoms with van der Waals surface area (Å²) in [4.78, 5) is 14.3. The van der Waals surface area contributed by atoms with Crippen molar-refractivity contribution in [1.29, 1.82) is 0 Å². The second-order valence-corrected chi connectivity index (χ2v) is 8.11. The Balaban J connectivity index is 1.77. The van der Waals surface area contributed by atoms with Crippen LogP contribution in [0.1, 0.15) is 20.8 Å². The van der Waals surface area contributed by atoms with Gasteiger partial charge in [0.05, 0.1) is 16.3 Å². The van der Waals surface area contributed by atoms with E-state index in [-0.39, 0.29) is 5.91 Å².